The maximum Gasteiger partial charge on any atom is 0.232 e. The lowest BCUT2D eigenvalue weighted by atomic mass is 9.91. The molecule has 1 atom stereocenters. The normalized spacial score (nSPS) is 25.0. The molecule has 4 heterocycles. The summed E-state index contributed by atoms with van der Waals surface area (Å²) in [7, 11) is 1.88. The molecular weight excluding hydrogens is 464 g/mol. The first-order valence-corrected chi connectivity index (χ1v) is 13.5. The summed E-state index contributed by atoms with van der Waals surface area (Å²) in [5, 5.41) is 8.54. The van der Waals surface area contributed by atoms with E-state index in [1.54, 1.807) is 22.2 Å². The highest BCUT2D eigenvalue weighted by Gasteiger charge is 2.33. The second kappa shape index (κ2) is 9.83. The second-order valence-corrected chi connectivity index (χ2v) is 10.9. The number of aryl methyl sites for hydroxylation is 2. The van der Waals surface area contributed by atoms with E-state index in [-0.39, 0.29) is 12.0 Å². The van der Waals surface area contributed by atoms with Gasteiger partial charge in [-0.25, -0.2) is 4.98 Å². The van der Waals surface area contributed by atoms with Gasteiger partial charge in [0.25, 0.3) is 0 Å². The Morgan fingerprint density at radius 3 is 2.77 bits per heavy atom. The van der Waals surface area contributed by atoms with Crippen LogP contribution in [0.1, 0.15) is 54.9 Å². The molecule has 3 aromatic rings. The molecule has 0 spiro atoms. The zero-order chi connectivity index (χ0) is 23.8. The molecule has 1 saturated carbocycles. The minimum absolute atomic E-state index is 0.137. The summed E-state index contributed by atoms with van der Waals surface area (Å²) in [6, 6.07) is 0.620. The molecule has 0 amide bonds. The molecule has 0 bridgehead atoms. The maximum absolute atomic E-state index is 11.4. The molecule has 6 rings (SSSR count). The van der Waals surface area contributed by atoms with Crippen molar-refractivity contribution in [3.63, 3.8) is 0 Å². The molecule has 186 valence electrons. The topological polar surface area (TPSA) is 94.4 Å². The summed E-state index contributed by atoms with van der Waals surface area (Å²) in [6.07, 6.45) is 11.7. The molecule has 2 aliphatic carbocycles. The number of aldehydes is 1. The minimum atomic E-state index is 0.137. The molecule has 2 fully saturated rings. The number of ether oxygens (including phenoxy) is 2. The average molecular weight is 497 g/mol. The molecule has 9 nitrogen and oxygen atoms in total. The molecule has 0 aromatic carbocycles. The van der Waals surface area contributed by atoms with Crippen LogP contribution in [0.2, 0.25) is 0 Å². The SMILES string of the molecule is Cn1cc(Nc2nc(OC3CCC(N4CCOCC4)CC3)c3c4c(sc3n2)CCC4CC=O)cn1. The summed E-state index contributed by atoms with van der Waals surface area (Å²) >= 11 is 1.71. The minimum Gasteiger partial charge on any atom is -0.474 e. The molecule has 1 N–H and O–H groups in total. The van der Waals surface area contributed by atoms with Gasteiger partial charge in [0, 0.05) is 43.7 Å². The van der Waals surface area contributed by atoms with Gasteiger partial charge < -0.3 is 19.6 Å². The Morgan fingerprint density at radius 2 is 2.03 bits per heavy atom. The van der Waals surface area contributed by atoms with E-state index in [0.29, 0.717) is 24.3 Å². The van der Waals surface area contributed by atoms with E-state index >= 15 is 0 Å². The van der Waals surface area contributed by atoms with Gasteiger partial charge in [-0.05, 0) is 50.0 Å². The Balaban J connectivity index is 1.27. The van der Waals surface area contributed by atoms with E-state index in [2.05, 4.69) is 15.3 Å². The fourth-order valence-electron chi connectivity index (χ4n) is 5.84. The van der Waals surface area contributed by atoms with Gasteiger partial charge in [-0.2, -0.15) is 10.1 Å². The van der Waals surface area contributed by atoms with Gasteiger partial charge in [-0.3, -0.25) is 9.58 Å². The molecular formula is C25H32N6O3S. The van der Waals surface area contributed by atoms with Crippen LogP contribution in [0.3, 0.4) is 0 Å². The zero-order valence-corrected chi connectivity index (χ0v) is 20.9. The van der Waals surface area contributed by atoms with Crippen molar-refractivity contribution in [1.82, 2.24) is 24.6 Å². The van der Waals surface area contributed by atoms with Crippen LogP contribution in [0.4, 0.5) is 11.6 Å². The fraction of sp³-hybridized carbons (Fsp3) is 0.600. The van der Waals surface area contributed by atoms with Crippen LogP contribution in [0, 0.1) is 0 Å². The van der Waals surface area contributed by atoms with E-state index in [4.69, 9.17) is 19.4 Å². The Bertz CT molecular complexity index is 1200. The average Bonchev–Trinajstić information content (AvgIpc) is 3.56. The van der Waals surface area contributed by atoms with Gasteiger partial charge in [-0.1, -0.05) is 0 Å². The van der Waals surface area contributed by atoms with Gasteiger partial charge in [-0.15, -0.1) is 11.3 Å². The molecule has 1 unspecified atom stereocenters. The largest absolute Gasteiger partial charge is 0.474 e. The first-order chi connectivity index (χ1) is 17.2. The summed E-state index contributed by atoms with van der Waals surface area (Å²) in [4.78, 5) is 25.9. The second-order valence-electron chi connectivity index (χ2n) is 9.83. The smallest absolute Gasteiger partial charge is 0.232 e. The zero-order valence-electron chi connectivity index (χ0n) is 20.1. The molecule has 0 radical (unpaired) electrons. The highest BCUT2D eigenvalue weighted by atomic mass is 32.1. The van der Waals surface area contributed by atoms with Crippen molar-refractivity contribution in [2.75, 3.05) is 31.6 Å². The van der Waals surface area contributed by atoms with Crippen LogP contribution in [-0.4, -0.2) is 69.4 Å². The van der Waals surface area contributed by atoms with Crippen LogP contribution in [0.25, 0.3) is 10.2 Å². The molecule has 1 aliphatic heterocycles. The molecule has 3 aliphatic rings. The van der Waals surface area contributed by atoms with Gasteiger partial charge in [0.2, 0.25) is 11.8 Å². The number of fused-ring (bicyclic) bond motifs is 3. The fourth-order valence-corrected chi connectivity index (χ4v) is 7.10. The number of carbonyl (C=O) groups is 1. The van der Waals surface area contributed by atoms with Crippen molar-refractivity contribution in [3.8, 4) is 5.88 Å². The van der Waals surface area contributed by atoms with Crippen molar-refractivity contribution in [3.05, 3.63) is 22.8 Å². The van der Waals surface area contributed by atoms with Crippen molar-refractivity contribution in [1.29, 1.82) is 0 Å². The number of anilines is 2. The Kier molecular flexibility index (Phi) is 6.42. The highest BCUT2D eigenvalue weighted by Crippen LogP contribution is 2.48. The first-order valence-electron chi connectivity index (χ1n) is 12.7. The number of nitrogens with zero attached hydrogens (tertiary/aromatic N) is 5. The van der Waals surface area contributed by atoms with Crippen molar-refractivity contribution in [2.45, 2.75) is 63.0 Å². The monoisotopic (exact) mass is 496 g/mol. The quantitative estimate of drug-likeness (QED) is 0.494. The number of nitrogens with one attached hydrogen (secondary N) is 1. The number of hydrogen-bond donors (Lipinski definition) is 1. The third-order valence-corrected chi connectivity index (χ3v) is 8.75. The number of hydrogen-bond acceptors (Lipinski definition) is 9. The number of thiophene rings is 1. The van der Waals surface area contributed by atoms with Crippen molar-refractivity contribution >= 4 is 39.5 Å². The van der Waals surface area contributed by atoms with Crippen LogP contribution in [0.5, 0.6) is 5.88 Å². The lowest BCUT2D eigenvalue weighted by Gasteiger charge is -2.38. The number of aromatic nitrogens is 4. The predicted molar refractivity (Wildman–Crippen MR) is 135 cm³/mol. The number of morpholine rings is 1. The summed E-state index contributed by atoms with van der Waals surface area (Å²) in [5.74, 6) is 1.41. The summed E-state index contributed by atoms with van der Waals surface area (Å²) < 4.78 is 13.9. The highest BCUT2D eigenvalue weighted by molar-refractivity contribution is 7.19. The third-order valence-electron chi connectivity index (χ3n) is 7.59. The van der Waals surface area contributed by atoms with Gasteiger partial charge in [0.05, 0.1) is 30.5 Å². The molecule has 3 aromatic heterocycles. The van der Waals surface area contributed by atoms with E-state index in [1.165, 1.54) is 10.4 Å². The van der Waals surface area contributed by atoms with E-state index in [9.17, 15) is 4.79 Å². The lowest BCUT2D eigenvalue weighted by Crippen LogP contribution is -2.46. The maximum atomic E-state index is 11.4. The van der Waals surface area contributed by atoms with Crippen LogP contribution in [-0.2, 0) is 23.0 Å². The Morgan fingerprint density at radius 1 is 1.20 bits per heavy atom. The molecule has 35 heavy (non-hydrogen) atoms. The van der Waals surface area contributed by atoms with Crippen molar-refractivity contribution in [2.24, 2.45) is 7.05 Å². The Hall–Kier alpha value is -2.56. The van der Waals surface area contributed by atoms with Crippen molar-refractivity contribution < 1.29 is 14.3 Å². The number of rotatable bonds is 7. The number of carbonyl (C=O) groups excluding carboxylic acids is 1. The lowest BCUT2D eigenvalue weighted by molar-refractivity contribution is -0.108. The van der Waals surface area contributed by atoms with Crippen LogP contribution in [0.15, 0.2) is 12.4 Å². The Labute approximate surface area is 208 Å². The molecule has 1 saturated heterocycles. The molecule has 10 heteroatoms. The summed E-state index contributed by atoms with van der Waals surface area (Å²) in [5.41, 5.74) is 2.08. The van der Waals surface area contributed by atoms with E-state index in [1.807, 2.05) is 13.2 Å². The van der Waals surface area contributed by atoms with Crippen LogP contribution >= 0.6 is 11.3 Å². The predicted octanol–water partition coefficient (Wildman–Crippen LogP) is 3.81. The van der Waals surface area contributed by atoms with Gasteiger partial charge in [0.1, 0.15) is 17.2 Å². The summed E-state index contributed by atoms with van der Waals surface area (Å²) in [6.45, 7) is 3.75. The van der Waals surface area contributed by atoms with Crippen LogP contribution < -0.4 is 10.1 Å². The standard InChI is InChI=1S/C25H32N6O3S/c1-30-15-17(14-26-30)27-25-28-23(22-21-16(8-11-32)2-7-20(21)35-24(22)29-25)34-19-5-3-18(4-6-19)31-9-12-33-13-10-31/h11,14-16,18-19H,2-10,12-13H2,1H3,(H,27,28,29). The van der Waals surface area contributed by atoms with Gasteiger partial charge in [0.15, 0.2) is 0 Å². The van der Waals surface area contributed by atoms with E-state index < -0.39 is 0 Å². The third kappa shape index (κ3) is 4.66. The first kappa shape index (κ1) is 22.9. The van der Waals surface area contributed by atoms with E-state index in [0.717, 1.165) is 87.0 Å². The van der Waals surface area contributed by atoms with Gasteiger partial charge >= 0.3 is 0 Å².